The zero-order valence-electron chi connectivity index (χ0n) is 10.5. The average Bonchev–Trinajstić information content (AvgIpc) is 3.10. The summed E-state index contributed by atoms with van der Waals surface area (Å²) in [5, 5.41) is 3.46. The number of nitrogens with one attached hydrogen (secondary N) is 1. The third-order valence-corrected chi connectivity index (χ3v) is 3.63. The van der Waals surface area contributed by atoms with Gasteiger partial charge in [0, 0.05) is 6.04 Å². The highest BCUT2D eigenvalue weighted by Gasteiger charge is 2.24. The number of rotatable bonds is 6. The first-order chi connectivity index (χ1) is 7.78. The van der Waals surface area contributed by atoms with Gasteiger partial charge in [-0.15, -0.1) is 0 Å². The molecule has 2 rings (SSSR count). The Balaban J connectivity index is 1.77. The van der Waals surface area contributed by atoms with E-state index in [0.717, 1.165) is 5.92 Å². The maximum Gasteiger partial charge on any atom is 0.00698 e. The van der Waals surface area contributed by atoms with Crippen LogP contribution in [0.2, 0.25) is 0 Å². The van der Waals surface area contributed by atoms with Crippen LogP contribution in [0.3, 0.4) is 0 Å². The fourth-order valence-electron chi connectivity index (χ4n) is 2.23. The SMILES string of the molecule is CNC(CCc1ccc(C)cc1)CC1CC1. The first-order valence-corrected chi connectivity index (χ1v) is 6.50. The van der Waals surface area contributed by atoms with Gasteiger partial charge in [-0.3, -0.25) is 0 Å². The molecular formula is C15H23N. The van der Waals surface area contributed by atoms with E-state index >= 15 is 0 Å². The number of hydrogen-bond acceptors (Lipinski definition) is 1. The standard InChI is InChI=1S/C15H23N/c1-12-3-5-13(6-4-12)9-10-15(16-2)11-14-7-8-14/h3-6,14-16H,7-11H2,1-2H3. The van der Waals surface area contributed by atoms with Gasteiger partial charge in [-0.1, -0.05) is 42.7 Å². The van der Waals surface area contributed by atoms with Crippen LogP contribution in [0.4, 0.5) is 0 Å². The van der Waals surface area contributed by atoms with Crippen LogP contribution >= 0.6 is 0 Å². The minimum Gasteiger partial charge on any atom is -0.317 e. The minimum absolute atomic E-state index is 0.716. The Kier molecular flexibility index (Phi) is 4.00. The Bertz CT molecular complexity index is 311. The molecule has 1 nitrogen and oxygen atoms in total. The van der Waals surface area contributed by atoms with Crippen LogP contribution in [0, 0.1) is 12.8 Å². The van der Waals surface area contributed by atoms with E-state index in [1.807, 2.05) is 0 Å². The molecule has 1 aliphatic carbocycles. The first kappa shape index (κ1) is 11.7. The smallest absolute Gasteiger partial charge is 0.00698 e. The van der Waals surface area contributed by atoms with Gasteiger partial charge in [0.1, 0.15) is 0 Å². The molecular weight excluding hydrogens is 194 g/mol. The monoisotopic (exact) mass is 217 g/mol. The van der Waals surface area contributed by atoms with Crippen molar-refractivity contribution < 1.29 is 0 Å². The van der Waals surface area contributed by atoms with Crippen molar-refractivity contribution in [2.24, 2.45) is 5.92 Å². The average molecular weight is 217 g/mol. The summed E-state index contributed by atoms with van der Waals surface area (Å²) >= 11 is 0. The van der Waals surface area contributed by atoms with Gasteiger partial charge in [-0.05, 0) is 44.7 Å². The molecule has 88 valence electrons. The summed E-state index contributed by atoms with van der Waals surface area (Å²) in [6.07, 6.45) is 6.78. The highest BCUT2D eigenvalue weighted by atomic mass is 14.9. The third kappa shape index (κ3) is 3.64. The molecule has 1 aliphatic rings. The van der Waals surface area contributed by atoms with Gasteiger partial charge in [0.25, 0.3) is 0 Å². The van der Waals surface area contributed by atoms with Crippen molar-refractivity contribution in [2.45, 2.75) is 45.1 Å². The highest BCUT2D eigenvalue weighted by molar-refractivity contribution is 5.21. The summed E-state index contributed by atoms with van der Waals surface area (Å²) in [5.74, 6) is 1.02. The molecule has 0 aliphatic heterocycles. The van der Waals surface area contributed by atoms with Crippen molar-refractivity contribution in [2.75, 3.05) is 7.05 Å². The van der Waals surface area contributed by atoms with E-state index in [-0.39, 0.29) is 0 Å². The highest BCUT2D eigenvalue weighted by Crippen LogP contribution is 2.34. The molecule has 1 aromatic carbocycles. The van der Waals surface area contributed by atoms with Crippen LogP contribution < -0.4 is 5.32 Å². The molecule has 0 heterocycles. The van der Waals surface area contributed by atoms with Crippen molar-refractivity contribution in [3.63, 3.8) is 0 Å². The van der Waals surface area contributed by atoms with Crippen molar-refractivity contribution >= 4 is 0 Å². The molecule has 0 aromatic heterocycles. The Morgan fingerprint density at radius 1 is 1.25 bits per heavy atom. The van der Waals surface area contributed by atoms with E-state index < -0.39 is 0 Å². The van der Waals surface area contributed by atoms with Gasteiger partial charge in [0.2, 0.25) is 0 Å². The van der Waals surface area contributed by atoms with Crippen LogP contribution in [0.25, 0.3) is 0 Å². The minimum atomic E-state index is 0.716. The van der Waals surface area contributed by atoms with Gasteiger partial charge < -0.3 is 5.32 Å². The largest absolute Gasteiger partial charge is 0.317 e. The fraction of sp³-hybridized carbons (Fsp3) is 0.600. The van der Waals surface area contributed by atoms with Crippen LogP contribution in [0.15, 0.2) is 24.3 Å². The second-order valence-electron chi connectivity index (χ2n) is 5.19. The predicted molar refractivity (Wildman–Crippen MR) is 69.7 cm³/mol. The summed E-state index contributed by atoms with van der Waals surface area (Å²) in [7, 11) is 2.10. The zero-order chi connectivity index (χ0) is 11.4. The second-order valence-corrected chi connectivity index (χ2v) is 5.19. The molecule has 0 radical (unpaired) electrons. The van der Waals surface area contributed by atoms with Gasteiger partial charge in [-0.25, -0.2) is 0 Å². The number of hydrogen-bond donors (Lipinski definition) is 1. The molecule has 1 unspecified atom stereocenters. The molecule has 1 N–H and O–H groups in total. The maximum atomic E-state index is 3.46. The predicted octanol–water partition coefficient (Wildman–Crippen LogP) is 3.32. The van der Waals surface area contributed by atoms with E-state index in [4.69, 9.17) is 0 Å². The summed E-state index contributed by atoms with van der Waals surface area (Å²) in [4.78, 5) is 0. The molecule has 1 fully saturated rings. The third-order valence-electron chi connectivity index (χ3n) is 3.63. The second kappa shape index (κ2) is 5.49. The van der Waals surface area contributed by atoms with Crippen LogP contribution in [-0.2, 0) is 6.42 Å². The molecule has 1 saturated carbocycles. The van der Waals surface area contributed by atoms with E-state index in [2.05, 4.69) is 43.6 Å². The summed E-state index contributed by atoms with van der Waals surface area (Å²) in [6, 6.07) is 9.67. The molecule has 0 spiro atoms. The van der Waals surface area contributed by atoms with E-state index in [1.54, 1.807) is 0 Å². The van der Waals surface area contributed by atoms with Gasteiger partial charge in [0.05, 0.1) is 0 Å². The van der Waals surface area contributed by atoms with Gasteiger partial charge in [-0.2, -0.15) is 0 Å². The normalized spacial score (nSPS) is 17.4. The van der Waals surface area contributed by atoms with E-state index in [0.29, 0.717) is 6.04 Å². The summed E-state index contributed by atoms with van der Waals surface area (Å²) in [5.41, 5.74) is 2.83. The first-order valence-electron chi connectivity index (χ1n) is 6.50. The quantitative estimate of drug-likeness (QED) is 0.771. The Hall–Kier alpha value is -0.820. The lowest BCUT2D eigenvalue weighted by molar-refractivity contribution is 0.464. The molecule has 0 amide bonds. The molecule has 1 atom stereocenters. The number of benzene rings is 1. The lowest BCUT2D eigenvalue weighted by Crippen LogP contribution is -2.26. The Labute approximate surface area is 99.3 Å². The Morgan fingerprint density at radius 3 is 2.50 bits per heavy atom. The maximum absolute atomic E-state index is 3.46. The van der Waals surface area contributed by atoms with Crippen molar-refractivity contribution in [3.05, 3.63) is 35.4 Å². The number of aryl methyl sites for hydroxylation is 2. The zero-order valence-corrected chi connectivity index (χ0v) is 10.5. The van der Waals surface area contributed by atoms with Gasteiger partial charge >= 0.3 is 0 Å². The lowest BCUT2D eigenvalue weighted by Gasteiger charge is -2.15. The van der Waals surface area contributed by atoms with Crippen molar-refractivity contribution in [1.29, 1.82) is 0 Å². The summed E-state index contributed by atoms with van der Waals surface area (Å²) in [6.45, 7) is 2.15. The van der Waals surface area contributed by atoms with Crippen LogP contribution in [-0.4, -0.2) is 13.1 Å². The fourth-order valence-corrected chi connectivity index (χ4v) is 2.23. The molecule has 1 aromatic rings. The van der Waals surface area contributed by atoms with Crippen LogP contribution in [0.1, 0.15) is 36.8 Å². The van der Waals surface area contributed by atoms with Gasteiger partial charge in [0.15, 0.2) is 0 Å². The van der Waals surface area contributed by atoms with Crippen molar-refractivity contribution in [3.8, 4) is 0 Å². The molecule has 0 bridgehead atoms. The van der Waals surface area contributed by atoms with Crippen LogP contribution in [0.5, 0.6) is 0 Å². The molecule has 16 heavy (non-hydrogen) atoms. The Morgan fingerprint density at radius 2 is 1.94 bits per heavy atom. The summed E-state index contributed by atoms with van der Waals surface area (Å²) < 4.78 is 0. The van der Waals surface area contributed by atoms with E-state index in [1.165, 1.54) is 43.2 Å². The topological polar surface area (TPSA) is 12.0 Å². The lowest BCUT2D eigenvalue weighted by atomic mass is 10.0. The molecule has 1 heteroatoms. The van der Waals surface area contributed by atoms with E-state index in [9.17, 15) is 0 Å². The van der Waals surface area contributed by atoms with Crippen molar-refractivity contribution in [1.82, 2.24) is 5.32 Å². The molecule has 0 saturated heterocycles.